The molecular formula is C21H22N4O. The Bertz CT molecular complexity index is 968. The van der Waals surface area contributed by atoms with Gasteiger partial charge in [0, 0.05) is 23.7 Å². The number of hydrogen-bond acceptors (Lipinski definition) is 4. The van der Waals surface area contributed by atoms with E-state index in [1.807, 2.05) is 41.2 Å². The lowest BCUT2D eigenvalue weighted by atomic mass is 10.1. The van der Waals surface area contributed by atoms with Crippen molar-refractivity contribution in [3.63, 3.8) is 0 Å². The topological polar surface area (TPSA) is 54.1 Å². The fourth-order valence-electron chi connectivity index (χ4n) is 3.84. The molecule has 0 spiro atoms. The third-order valence-electron chi connectivity index (χ3n) is 5.25. The van der Waals surface area contributed by atoms with Crippen molar-refractivity contribution in [2.24, 2.45) is 0 Å². The summed E-state index contributed by atoms with van der Waals surface area (Å²) in [4.78, 5) is 2.43. The third kappa shape index (κ3) is 2.78. The Balaban J connectivity index is 1.77. The van der Waals surface area contributed by atoms with E-state index in [1.165, 1.54) is 18.5 Å². The summed E-state index contributed by atoms with van der Waals surface area (Å²) in [6.45, 7) is 3.95. The van der Waals surface area contributed by atoms with E-state index in [0.29, 0.717) is 18.2 Å². The molecule has 3 aromatic rings. The van der Waals surface area contributed by atoms with Crippen LogP contribution < -0.4 is 9.64 Å². The molecule has 0 bridgehead atoms. The van der Waals surface area contributed by atoms with Gasteiger partial charge in [-0.05, 0) is 49.6 Å². The fraction of sp³-hybridized carbons (Fsp3) is 0.333. The van der Waals surface area contributed by atoms with Crippen LogP contribution >= 0.6 is 0 Å². The molecule has 1 saturated heterocycles. The van der Waals surface area contributed by atoms with E-state index in [-0.39, 0.29) is 0 Å². The van der Waals surface area contributed by atoms with Gasteiger partial charge in [-0.3, -0.25) is 4.68 Å². The van der Waals surface area contributed by atoms with Gasteiger partial charge in [-0.2, -0.15) is 10.4 Å². The number of methoxy groups -OCH3 is 1. The van der Waals surface area contributed by atoms with E-state index < -0.39 is 0 Å². The first kappa shape index (κ1) is 16.5. The molecule has 5 heteroatoms. The molecule has 4 rings (SSSR count). The first-order valence-corrected chi connectivity index (χ1v) is 8.99. The highest BCUT2D eigenvalue weighted by molar-refractivity contribution is 5.95. The third-order valence-corrected chi connectivity index (χ3v) is 5.25. The van der Waals surface area contributed by atoms with Crippen molar-refractivity contribution in [2.75, 3.05) is 18.6 Å². The lowest BCUT2D eigenvalue weighted by Crippen LogP contribution is -2.26. The van der Waals surface area contributed by atoms with Crippen LogP contribution in [0, 0.1) is 11.3 Å². The maximum atomic E-state index is 9.60. The predicted molar refractivity (Wildman–Crippen MR) is 103 cm³/mol. The van der Waals surface area contributed by atoms with E-state index in [9.17, 15) is 5.26 Å². The van der Waals surface area contributed by atoms with E-state index in [2.05, 4.69) is 29.1 Å². The maximum Gasteiger partial charge on any atom is 0.118 e. The lowest BCUT2D eigenvalue weighted by molar-refractivity contribution is 0.414. The zero-order chi connectivity index (χ0) is 18.1. The summed E-state index contributed by atoms with van der Waals surface area (Å²) in [6, 6.07) is 14.8. The molecule has 0 amide bonds. The first-order valence-electron chi connectivity index (χ1n) is 8.99. The standard InChI is InChI=1S/C21H22N4O/c1-15-4-3-11-24(15)20-10-7-17(12-22)21-19(20)13-23-25(21)14-16-5-8-18(26-2)9-6-16/h5-10,13,15H,3-4,11,14H2,1-2H3. The second kappa shape index (κ2) is 6.72. The van der Waals surface area contributed by atoms with Gasteiger partial charge in [0.1, 0.15) is 11.8 Å². The van der Waals surface area contributed by atoms with Gasteiger partial charge in [-0.25, -0.2) is 0 Å². The molecule has 0 aliphatic carbocycles. The molecule has 1 aromatic heterocycles. The largest absolute Gasteiger partial charge is 0.497 e. The van der Waals surface area contributed by atoms with Gasteiger partial charge in [0.05, 0.1) is 30.9 Å². The Kier molecular flexibility index (Phi) is 4.26. The van der Waals surface area contributed by atoms with E-state index in [4.69, 9.17) is 4.74 Å². The van der Waals surface area contributed by atoms with Gasteiger partial charge < -0.3 is 9.64 Å². The molecule has 1 unspecified atom stereocenters. The number of hydrogen-bond donors (Lipinski definition) is 0. The quantitative estimate of drug-likeness (QED) is 0.718. The monoisotopic (exact) mass is 346 g/mol. The smallest absolute Gasteiger partial charge is 0.118 e. The number of nitriles is 1. The lowest BCUT2D eigenvalue weighted by Gasteiger charge is -2.24. The molecule has 0 saturated carbocycles. The number of benzene rings is 2. The number of aromatic nitrogens is 2. The molecule has 132 valence electrons. The molecule has 1 aliphatic heterocycles. The van der Waals surface area contributed by atoms with Crippen LogP contribution in [-0.2, 0) is 6.54 Å². The SMILES string of the molecule is COc1ccc(Cn2ncc3c(N4CCCC4C)ccc(C#N)c32)cc1. The van der Waals surface area contributed by atoms with Crippen molar-refractivity contribution < 1.29 is 4.74 Å². The second-order valence-electron chi connectivity index (χ2n) is 6.84. The van der Waals surface area contributed by atoms with Crippen LogP contribution in [0.2, 0.25) is 0 Å². The Hall–Kier alpha value is -3.00. The van der Waals surface area contributed by atoms with Gasteiger partial charge in [-0.15, -0.1) is 0 Å². The van der Waals surface area contributed by atoms with Crippen LogP contribution in [0.1, 0.15) is 30.9 Å². The molecule has 26 heavy (non-hydrogen) atoms. The normalized spacial score (nSPS) is 16.8. The van der Waals surface area contributed by atoms with Crippen molar-refractivity contribution in [3.8, 4) is 11.8 Å². The average molecular weight is 346 g/mol. The highest BCUT2D eigenvalue weighted by Gasteiger charge is 2.24. The van der Waals surface area contributed by atoms with Gasteiger partial charge in [-0.1, -0.05) is 12.1 Å². The van der Waals surface area contributed by atoms with Gasteiger partial charge >= 0.3 is 0 Å². The summed E-state index contributed by atoms with van der Waals surface area (Å²) in [5, 5.41) is 15.3. The number of anilines is 1. The maximum absolute atomic E-state index is 9.60. The molecular weight excluding hydrogens is 324 g/mol. The number of fused-ring (bicyclic) bond motifs is 1. The molecule has 1 atom stereocenters. The summed E-state index contributed by atoms with van der Waals surface area (Å²) in [5.41, 5.74) is 3.89. The van der Waals surface area contributed by atoms with Crippen LogP contribution in [0.3, 0.4) is 0 Å². The molecule has 5 nitrogen and oxygen atoms in total. The van der Waals surface area contributed by atoms with E-state index in [0.717, 1.165) is 28.8 Å². The zero-order valence-corrected chi connectivity index (χ0v) is 15.1. The van der Waals surface area contributed by atoms with Crippen LogP contribution in [0.25, 0.3) is 10.9 Å². The van der Waals surface area contributed by atoms with Crippen LogP contribution in [-0.4, -0.2) is 29.5 Å². The molecule has 0 N–H and O–H groups in total. The number of nitrogens with zero attached hydrogens (tertiary/aromatic N) is 4. The van der Waals surface area contributed by atoms with Crippen molar-refractivity contribution in [1.82, 2.24) is 9.78 Å². The van der Waals surface area contributed by atoms with Gasteiger partial charge in [0.25, 0.3) is 0 Å². The zero-order valence-electron chi connectivity index (χ0n) is 15.1. The van der Waals surface area contributed by atoms with Crippen LogP contribution in [0.15, 0.2) is 42.6 Å². The highest BCUT2D eigenvalue weighted by Crippen LogP contribution is 2.34. The molecule has 2 aromatic carbocycles. The summed E-state index contributed by atoms with van der Waals surface area (Å²) in [6.07, 6.45) is 4.32. The minimum absolute atomic E-state index is 0.524. The van der Waals surface area contributed by atoms with E-state index >= 15 is 0 Å². The highest BCUT2D eigenvalue weighted by atomic mass is 16.5. The fourth-order valence-corrected chi connectivity index (χ4v) is 3.84. The predicted octanol–water partition coefficient (Wildman–Crippen LogP) is 3.95. The van der Waals surface area contributed by atoms with Crippen molar-refractivity contribution >= 4 is 16.6 Å². The molecule has 1 fully saturated rings. The van der Waals surface area contributed by atoms with Crippen molar-refractivity contribution in [3.05, 3.63) is 53.7 Å². The van der Waals surface area contributed by atoms with Crippen LogP contribution in [0.5, 0.6) is 5.75 Å². The molecule has 1 aliphatic rings. The summed E-state index contributed by atoms with van der Waals surface area (Å²) < 4.78 is 7.15. The minimum Gasteiger partial charge on any atom is -0.497 e. The number of ether oxygens (including phenoxy) is 1. The Morgan fingerprint density at radius 2 is 2.04 bits per heavy atom. The van der Waals surface area contributed by atoms with Crippen molar-refractivity contribution in [2.45, 2.75) is 32.4 Å². The Labute approximate surface area is 153 Å². The Morgan fingerprint density at radius 3 is 2.69 bits per heavy atom. The second-order valence-corrected chi connectivity index (χ2v) is 6.84. The van der Waals surface area contributed by atoms with Gasteiger partial charge in [0.15, 0.2) is 0 Å². The molecule has 2 heterocycles. The van der Waals surface area contributed by atoms with E-state index in [1.54, 1.807) is 7.11 Å². The van der Waals surface area contributed by atoms with Crippen molar-refractivity contribution in [1.29, 1.82) is 5.26 Å². The molecule has 0 radical (unpaired) electrons. The first-order chi connectivity index (χ1) is 12.7. The summed E-state index contributed by atoms with van der Waals surface area (Å²) in [7, 11) is 1.66. The summed E-state index contributed by atoms with van der Waals surface area (Å²) in [5.74, 6) is 0.835. The Morgan fingerprint density at radius 1 is 1.23 bits per heavy atom. The van der Waals surface area contributed by atoms with Crippen LogP contribution in [0.4, 0.5) is 5.69 Å². The number of rotatable bonds is 4. The summed E-state index contributed by atoms with van der Waals surface area (Å²) >= 11 is 0. The van der Waals surface area contributed by atoms with Gasteiger partial charge in [0.2, 0.25) is 0 Å². The average Bonchev–Trinajstić information content (AvgIpc) is 3.28. The minimum atomic E-state index is 0.524.